The monoisotopic (exact) mass is 334 g/mol. The normalized spacial score (nSPS) is 13.2. The van der Waals surface area contributed by atoms with Crippen LogP contribution in [0.25, 0.3) is 10.9 Å². The second-order valence-electron chi connectivity index (χ2n) is 5.48. The van der Waals surface area contributed by atoms with Crippen LogP contribution in [0.2, 0.25) is 0 Å². The molecule has 1 aromatic carbocycles. The number of hydrogen-bond acceptors (Lipinski definition) is 5. The Morgan fingerprint density at radius 3 is 2.67 bits per heavy atom. The van der Waals surface area contributed by atoms with Gasteiger partial charge in [-0.3, -0.25) is 14.7 Å². The summed E-state index contributed by atoms with van der Waals surface area (Å²) >= 11 is 0. The number of aliphatic carboxylic acids is 1. The van der Waals surface area contributed by atoms with E-state index in [1.807, 2.05) is 6.07 Å². The molecular weight excluding hydrogens is 316 g/mol. The van der Waals surface area contributed by atoms with Gasteiger partial charge in [-0.1, -0.05) is 18.2 Å². The number of hydrogen-bond donors (Lipinski definition) is 5. The fourth-order valence-electron chi connectivity index (χ4n) is 1.94. The predicted octanol–water partition coefficient (Wildman–Crippen LogP) is -0.365. The van der Waals surface area contributed by atoms with Crippen LogP contribution in [-0.4, -0.2) is 56.9 Å². The lowest BCUT2D eigenvalue weighted by Gasteiger charge is -2.18. The van der Waals surface area contributed by atoms with Crippen molar-refractivity contribution >= 4 is 28.7 Å². The largest absolute Gasteiger partial charge is 0.479 e. The van der Waals surface area contributed by atoms with Crippen LogP contribution in [0.15, 0.2) is 24.3 Å². The molecule has 2 rings (SSSR count). The molecule has 0 aliphatic carbocycles. The first-order valence-corrected chi connectivity index (χ1v) is 7.25. The Balaban J connectivity index is 1.80. The summed E-state index contributed by atoms with van der Waals surface area (Å²) in [6, 6.07) is 7.16. The van der Waals surface area contributed by atoms with Gasteiger partial charge in [0, 0.05) is 18.4 Å². The molecule has 1 unspecified atom stereocenters. The molecule has 2 aromatic rings. The third-order valence-electron chi connectivity index (χ3n) is 3.41. The Kier molecular flexibility index (Phi) is 5.14. The van der Waals surface area contributed by atoms with Gasteiger partial charge in [0.15, 0.2) is 11.3 Å². The standard InChI is InChI=1S/C15H18N4O5/c1-15(24,14(22)23)8-17-11(20)6-7-16-13(21)12-9-4-2-3-5-10(9)18-19-12/h2-5,24H,6-8H2,1H3,(H,16,21)(H,17,20)(H,18,19)(H,22,23). The number of benzene rings is 1. The number of fused-ring (bicyclic) bond motifs is 1. The summed E-state index contributed by atoms with van der Waals surface area (Å²) in [5.74, 6) is -2.33. The molecule has 0 radical (unpaired) electrons. The number of nitrogens with zero attached hydrogens (tertiary/aromatic N) is 1. The molecule has 0 fully saturated rings. The molecule has 9 nitrogen and oxygen atoms in total. The summed E-state index contributed by atoms with van der Waals surface area (Å²) in [6.45, 7) is 0.722. The number of aromatic amines is 1. The number of carboxylic acid groups (broad SMARTS) is 1. The number of aliphatic hydroxyl groups is 1. The fraction of sp³-hybridized carbons (Fsp3) is 0.333. The minimum absolute atomic E-state index is 0.0518. The predicted molar refractivity (Wildman–Crippen MR) is 84.3 cm³/mol. The third kappa shape index (κ3) is 4.07. The van der Waals surface area contributed by atoms with Gasteiger partial charge in [-0.25, -0.2) is 4.79 Å². The zero-order chi connectivity index (χ0) is 17.7. The molecule has 0 aliphatic heterocycles. The van der Waals surface area contributed by atoms with Gasteiger partial charge in [0.1, 0.15) is 0 Å². The Morgan fingerprint density at radius 1 is 1.25 bits per heavy atom. The summed E-state index contributed by atoms with van der Waals surface area (Å²) in [5.41, 5.74) is -1.07. The Labute approximate surface area is 137 Å². The number of amides is 2. The van der Waals surface area contributed by atoms with Crippen LogP contribution in [0.3, 0.4) is 0 Å². The van der Waals surface area contributed by atoms with Gasteiger partial charge in [0.2, 0.25) is 5.91 Å². The van der Waals surface area contributed by atoms with Crippen molar-refractivity contribution in [2.45, 2.75) is 18.9 Å². The summed E-state index contributed by atoms with van der Waals surface area (Å²) in [6.07, 6.45) is -0.0518. The summed E-state index contributed by atoms with van der Waals surface area (Å²) < 4.78 is 0. The zero-order valence-corrected chi connectivity index (χ0v) is 13.0. The van der Waals surface area contributed by atoms with E-state index in [1.54, 1.807) is 18.2 Å². The second-order valence-corrected chi connectivity index (χ2v) is 5.48. The SMILES string of the molecule is CC(O)(CNC(=O)CCNC(=O)c1n[nH]c2ccccc12)C(=O)O. The highest BCUT2D eigenvalue weighted by Gasteiger charge is 2.30. The molecule has 0 spiro atoms. The summed E-state index contributed by atoms with van der Waals surface area (Å²) in [4.78, 5) is 34.4. The quantitative estimate of drug-likeness (QED) is 0.467. The van der Waals surface area contributed by atoms with E-state index < -0.39 is 29.9 Å². The first-order chi connectivity index (χ1) is 11.3. The van der Waals surface area contributed by atoms with Crippen molar-refractivity contribution in [1.82, 2.24) is 20.8 Å². The smallest absolute Gasteiger partial charge is 0.337 e. The molecule has 0 saturated heterocycles. The number of carbonyl (C=O) groups excluding carboxylic acids is 2. The van der Waals surface area contributed by atoms with E-state index in [-0.39, 0.29) is 18.7 Å². The van der Waals surface area contributed by atoms with Gasteiger partial charge >= 0.3 is 5.97 Å². The van der Waals surface area contributed by atoms with Crippen molar-refractivity contribution in [3.63, 3.8) is 0 Å². The van der Waals surface area contributed by atoms with Gasteiger partial charge < -0.3 is 20.8 Å². The van der Waals surface area contributed by atoms with Crippen molar-refractivity contribution in [3.05, 3.63) is 30.0 Å². The Bertz CT molecular complexity index is 768. The Morgan fingerprint density at radius 2 is 1.96 bits per heavy atom. The van der Waals surface area contributed by atoms with Gasteiger partial charge in [-0.05, 0) is 13.0 Å². The molecule has 128 valence electrons. The van der Waals surface area contributed by atoms with Crippen LogP contribution in [0, 0.1) is 0 Å². The van der Waals surface area contributed by atoms with E-state index in [0.717, 1.165) is 12.4 Å². The highest BCUT2D eigenvalue weighted by molar-refractivity contribution is 6.04. The van der Waals surface area contributed by atoms with Gasteiger partial charge in [-0.2, -0.15) is 5.10 Å². The lowest BCUT2D eigenvalue weighted by molar-refractivity contribution is -0.156. The van der Waals surface area contributed by atoms with Crippen molar-refractivity contribution in [3.8, 4) is 0 Å². The molecule has 24 heavy (non-hydrogen) atoms. The van der Waals surface area contributed by atoms with Crippen LogP contribution in [0.4, 0.5) is 0 Å². The average Bonchev–Trinajstić information content (AvgIpc) is 2.97. The van der Waals surface area contributed by atoms with E-state index in [2.05, 4.69) is 20.8 Å². The molecule has 2 amide bonds. The second kappa shape index (κ2) is 7.09. The number of nitrogens with one attached hydrogen (secondary N) is 3. The molecule has 0 aliphatic rings. The molecule has 1 atom stereocenters. The summed E-state index contributed by atoms with van der Waals surface area (Å²) in [5, 5.41) is 30.4. The van der Waals surface area contributed by atoms with Crippen molar-refractivity contribution in [1.29, 1.82) is 0 Å². The molecule has 1 aromatic heterocycles. The van der Waals surface area contributed by atoms with E-state index in [0.29, 0.717) is 5.39 Å². The number of aromatic nitrogens is 2. The zero-order valence-electron chi connectivity index (χ0n) is 13.0. The third-order valence-corrected chi connectivity index (χ3v) is 3.41. The molecule has 0 bridgehead atoms. The molecule has 9 heteroatoms. The van der Waals surface area contributed by atoms with Crippen molar-refractivity contribution in [2.75, 3.05) is 13.1 Å². The maximum atomic E-state index is 12.1. The van der Waals surface area contributed by atoms with E-state index in [9.17, 15) is 19.5 Å². The number of carboxylic acids is 1. The van der Waals surface area contributed by atoms with Crippen LogP contribution >= 0.6 is 0 Å². The first-order valence-electron chi connectivity index (χ1n) is 7.25. The number of para-hydroxylation sites is 1. The van der Waals surface area contributed by atoms with Crippen LogP contribution in [-0.2, 0) is 9.59 Å². The van der Waals surface area contributed by atoms with Crippen molar-refractivity contribution in [2.24, 2.45) is 0 Å². The fourth-order valence-corrected chi connectivity index (χ4v) is 1.94. The molecule has 5 N–H and O–H groups in total. The molecular formula is C15H18N4O5. The highest BCUT2D eigenvalue weighted by atomic mass is 16.4. The minimum Gasteiger partial charge on any atom is -0.479 e. The maximum Gasteiger partial charge on any atom is 0.337 e. The topological polar surface area (TPSA) is 144 Å². The van der Waals surface area contributed by atoms with Crippen LogP contribution in [0.1, 0.15) is 23.8 Å². The summed E-state index contributed by atoms with van der Waals surface area (Å²) in [7, 11) is 0. The lowest BCUT2D eigenvalue weighted by atomic mass is 10.1. The average molecular weight is 334 g/mol. The number of rotatable bonds is 7. The number of carbonyl (C=O) groups is 3. The Hall–Kier alpha value is -2.94. The molecule has 1 heterocycles. The van der Waals surface area contributed by atoms with E-state index >= 15 is 0 Å². The van der Waals surface area contributed by atoms with E-state index in [1.165, 1.54) is 0 Å². The lowest BCUT2D eigenvalue weighted by Crippen LogP contribution is -2.47. The van der Waals surface area contributed by atoms with Crippen LogP contribution in [0.5, 0.6) is 0 Å². The van der Waals surface area contributed by atoms with Crippen molar-refractivity contribution < 1.29 is 24.6 Å². The number of H-pyrrole nitrogens is 1. The minimum atomic E-state index is -2.03. The van der Waals surface area contributed by atoms with Gasteiger partial charge in [0.25, 0.3) is 5.91 Å². The van der Waals surface area contributed by atoms with E-state index in [4.69, 9.17) is 5.11 Å². The molecule has 0 saturated carbocycles. The first kappa shape index (κ1) is 17.4. The van der Waals surface area contributed by atoms with Gasteiger partial charge in [-0.15, -0.1) is 0 Å². The highest BCUT2D eigenvalue weighted by Crippen LogP contribution is 2.14. The van der Waals surface area contributed by atoms with Crippen LogP contribution < -0.4 is 10.6 Å². The maximum absolute atomic E-state index is 12.1. The van der Waals surface area contributed by atoms with Gasteiger partial charge in [0.05, 0.1) is 12.1 Å².